The molecule has 48 valence electrons. The van der Waals surface area contributed by atoms with Crippen LogP contribution in [-0.2, 0) is 4.32 Å². The molecule has 1 aromatic heterocycles. The van der Waals surface area contributed by atoms with Crippen molar-refractivity contribution < 1.29 is 0 Å². The molecule has 1 heterocycles. The first-order valence-corrected chi connectivity index (χ1v) is 4.57. The Hall–Kier alpha value is 0.110. The summed E-state index contributed by atoms with van der Waals surface area (Å²) in [5, 5.41) is 3.26. The van der Waals surface area contributed by atoms with E-state index in [0.29, 0.717) is 4.32 Å². The monoisotopic (exact) mass is 203 g/mol. The average Bonchev–Trinajstić information content (AvgIpc) is 2.46. The number of alkyl halides is 1. The van der Waals surface area contributed by atoms with Crippen molar-refractivity contribution in [2.45, 2.75) is 17.2 Å². The highest BCUT2D eigenvalue weighted by molar-refractivity contribution is 9.09. The summed E-state index contributed by atoms with van der Waals surface area (Å²) in [6.07, 6.45) is 4.36. The van der Waals surface area contributed by atoms with E-state index in [-0.39, 0.29) is 0 Å². The van der Waals surface area contributed by atoms with E-state index >= 15 is 0 Å². The molecular formula is C6H6BrNS. The van der Waals surface area contributed by atoms with Crippen LogP contribution in [0.2, 0.25) is 0 Å². The van der Waals surface area contributed by atoms with Gasteiger partial charge in [0.05, 0.1) is 4.32 Å². The van der Waals surface area contributed by atoms with E-state index in [1.54, 1.807) is 11.3 Å². The topological polar surface area (TPSA) is 12.9 Å². The van der Waals surface area contributed by atoms with Crippen molar-refractivity contribution in [2.24, 2.45) is 0 Å². The molecule has 1 aliphatic rings. The average molecular weight is 204 g/mol. The van der Waals surface area contributed by atoms with Crippen LogP contribution < -0.4 is 0 Å². The molecule has 0 amide bonds. The molecule has 3 heteroatoms. The first-order valence-electron chi connectivity index (χ1n) is 2.90. The van der Waals surface area contributed by atoms with Crippen LogP contribution in [0, 0.1) is 0 Å². The van der Waals surface area contributed by atoms with Gasteiger partial charge in [-0.25, -0.2) is 4.98 Å². The third kappa shape index (κ3) is 0.923. The summed E-state index contributed by atoms with van der Waals surface area (Å²) in [5.41, 5.74) is 0. The third-order valence-electron chi connectivity index (χ3n) is 1.50. The van der Waals surface area contributed by atoms with E-state index in [0.717, 1.165) is 0 Å². The number of hydrogen-bond donors (Lipinski definition) is 0. The van der Waals surface area contributed by atoms with Crippen LogP contribution in [0.3, 0.4) is 0 Å². The van der Waals surface area contributed by atoms with Gasteiger partial charge in [-0.1, -0.05) is 15.9 Å². The lowest BCUT2D eigenvalue weighted by atomic mass is 10.5. The third-order valence-corrected chi connectivity index (χ3v) is 3.91. The van der Waals surface area contributed by atoms with E-state index in [4.69, 9.17) is 0 Å². The zero-order valence-electron chi connectivity index (χ0n) is 4.80. The maximum Gasteiger partial charge on any atom is 0.109 e. The number of aromatic nitrogens is 1. The molecule has 0 aliphatic heterocycles. The fourth-order valence-corrected chi connectivity index (χ4v) is 2.14. The van der Waals surface area contributed by atoms with E-state index in [1.165, 1.54) is 17.8 Å². The molecule has 0 N–H and O–H groups in total. The van der Waals surface area contributed by atoms with Gasteiger partial charge < -0.3 is 0 Å². The summed E-state index contributed by atoms with van der Waals surface area (Å²) in [4.78, 5) is 4.22. The van der Waals surface area contributed by atoms with Crippen molar-refractivity contribution in [3.8, 4) is 0 Å². The predicted octanol–water partition coefficient (Wildman–Crippen LogP) is 2.53. The minimum atomic E-state index is 0.293. The SMILES string of the molecule is BrC1(c2nccs2)CC1. The van der Waals surface area contributed by atoms with Gasteiger partial charge in [-0.05, 0) is 12.8 Å². The minimum Gasteiger partial charge on any atom is -0.248 e. The number of thiazole rings is 1. The van der Waals surface area contributed by atoms with Crippen LogP contribution in [0.15, 0.2) is 11.6 Å². The van der Waals surface area contributed by atoms with Gasteiger partial charge in [0, 0.05) is 11.6 Å². The van der Waals surface area contributed by atoms with E-state index < -0.39 is 0 Å². The molecule has 0 aromatic carbocycles. The molecule has 1 nitrogen and oxygen atoms in total. The normalized spacial score (nSPS) is 21.9. The summed E-state index contributed by atoms with van der Waals surface area (Å²) in [6, 6.07) is 0. The second kappa shape index (κ2) is 1.80. The highest BCUT2D eigenvalue weighted by Crippen LogP contribution is 2.54. The van der Waals surface area contributed by atoms with E-state index in [1.807, 2.05) is 11.6 Å². The Bertz CT molecular complexity index is 203. The highest BCUT2D eigenvalue weighted by Gasteiger charge is 2.43. The quantitative estimate of drug-likeness (QED) is 0.640. The van der Waals surface area contributed by atoms with Gasteiger partial charge >= 0.3 is 0 Å². The molecule has 1 aliphatic carbocycles. The Kier molecular flexibility index (Phi) is 1.17. The van der Waals surface area contributed by atoms with Crippen molar-refractivity contribution in [3.05, 3.63) is 16.6 Å². The lowest BCUT2D eigenvalue weighted by Crippen LogP contribution is -1.91. The molecule has 9 heavy (non-hydrogen) atoms. The fraction of sp³-hybridized carbons (Fsp3) is 0.500. The van der Waals surface area contributed by atoms with Gasteiger partial charge in [0.15, 0.2) is 0 Å². The van der Waals surface area contributed by atoms with Crippen LogP contribution in [-0.4, -0.2) is 4.98 Å². The summed E-state index contributed by atoms with van der Waals surface area (Å²) >= 11 is 5.36. The number of halogens is 1. The number of hydrogen-bond acceptors (Lipinski definition) is 2. The Morgan fingerprint density at radius 3 is 2.89 bits per heavy atom. The maximum absolute atomic E-state index is 4.22. The number of rotatable bonds is 1. The second-order valence-electron chi connectivity index (χ2n) is 2.30. The standard InChI is InChI=1S/C6H6BrNS/c7-6(1-2-6)5-8-3-4-9-5/h3-4H,1-2H2. The molecule has 0 unspecified atom stereocenters. The molecule has 0 bridgehead atoms. The Morgan fingerprint density at radius 2 is 2.44 bits per heavy atom. The van der Waals surface area contributed by atoms with Crippen molar-refractivity contribution >= 4 is 27.3 Å². The van der Waals surface area contributed by atoms with Gasteiger partial charge in [0.25, 0.3) is 0 Å². The van der Waals surface area contributed by atoms with Crippen molar-refractivity contribution in [2.75, 3.05) is 0 Å². The Balaban J connectivity index is 2.34. The molecule has 0 saturated heterocycles. The van der Waals surface area contributed by atoms with E-state index in [9.17, 15) is 0 Å². The molecule has 0 atom stereocenters. The summed E-state index contributed by atoms with van der Waals surface area (Å²) in [7, 11) is 0. The van der Waals surface area contributed by atoms with Gasteiger partial charge in [0.1, 0.15) is 5.01 Å². The molecule has 1 fully saturated rings. The van der Waals surface area contributed by atoms with Crippen molar-refractivity contribution in [1.29, 1.82) is 0 Å². The predicted molar refractivity (Wildman–Crippen MR) is 42.0 cm³/mol. The molecule has 2 rings (SSSR count). The molecule has 0 radical (unpaired) electrons. The first-order chi connectivity index (χ1) is 4.31. The Labute approximate surface area is 66.2 Å². The minimum absolute atomic E-state index is 0.293. The van der Waals surface area contributed by atoms with Crippen LogP contribution in [0.4, 0.5) is 0 Å². The summed E-state index contributed by atoms with van der Waals surface area (Å²) < 4.78 is 0.293. The smallest absolute Gasteiger partial charge is 0.109 e. The fourth-order valence-electron chi connectivity index (χ4n) is 0.768. The zero-order chi connectivity index (χ0) is 6.32. The highest BCUT2D eigenvalue weighted by atomic mass is 79.9. The summed E-state index contributed by atoms with van der Waals surface area (Å²) in [6.45, 7) is 0. The molecule has 1 saturated carbocycles. The zero-order valence-corrected chi connectivity index (χ0v) is 7.20. The van der Waals surface area contributed by atoms with Gasteiger partial charge in [-0.3, -0.25) is 0 Å². The van der Waals surface area contributed by atoms with Gasteiger partial charge in [-0.2, -0.15) is 0 Å². The lowest BCUT2D eigenvalue weighted by molar-refractivity contribution is 1.02. The Morgan fingerprint density at radius 1 is 1.67 bits per heavy atom. The van der Waals surface area contributed by atoms with E-state index in [2.05, 4.69) is 20.9 Å². The van der Waals surface area contributed by atoms with Gasteiger partial charge in [-0.15, -0.1) is 11.3 Å². The van der Waals surface area contributed by atoms with Crippen molar-refractivity contribution in [1.82, 2.24) is 4.98 Å². The largest absolute Gasteiger partial charge is 0.248 e. The van der Waals surface area contributed by atoms with Crippen molar-refractivity contribution in [3.63, 3.8) is 0 Å². The van der Waals surface area contributed by atoms with Crippen LogP contribution in [0.25, 0.3) is 0 Å². The molecule has 0 spiro atoms. The first kappa shape index (κ1) is 5.86. The summed E-state index contributed by atoms with van der Waals surface area (Å²) in [5.74, 6) is 0. The lowest BCUT2D eigenvalue weighted by Gasteiger charge is -1.96. The van der Waals surface area contributed by atoms with Crippen LogP contribution >= 0.6 is 27.3 Å². The number of nitrogens with zero attached hydrogens (tertiary/aromatic N) is 1. The van der Waals surface area contributed by atoms with Gasteiger partial charge in [0.2, 0.25) is 0 Å². The molecular weight excluding hydrogens is 198 g/mol. The van der Waals surface area contributed by atoms with Crippen LogP contribution in [0.5, 0.6) is 0 Å². The molecule has 1 aromatic rings. The second-order valence-corrected chi connectivity index (χ2v) is 4.72. The maximum atomic E-state index is 4.22. The van der Waals surface area contributed by atoms with Crippen LogP contribution in [0.1, 0.15) is 17.8 Å².